The summed E-state index contributed by atoms with van der Waals surface area (Å²) < 4.78 is 5.13. The molecule has 2 rings (SSSR count). The number of rotatable bonds is 6. The van der Waals surface area contributed by atoms with E-state index in [0.717, 1.165) is 31.5 Å². The van der Waals surface area contributed by atoms with Gasteiger partial charge >= 0.3 is 5.97 Å². The monoisotopic (exact) mass is 293 g/mol. The number of benzene rings is 1. The maximum atomic E-state index is 10.8. The average Bonchev–Trinajstić information content (AvgIpc) is 2.48. The van der Waals surface area contributed by atoms with E-state index < -0.39 is 5.97 Å². The number of likely N-dealkylation sites (tertiary alicyclic amines) is 1. The molecule has 1 fully saturated rings. The van der Waals surface area contributed by atoms with E-state index in [9.17, 15) is 9.90 Å². The Bertz CT molecular complexity index is 489. The molecule has 0 aliphatic carbocycles. The number of methoxy groups -OCH3 is 1. The van der Waals surface area contributed by atoms with Crippen molar-refractivity contribution >= 4 is 5.97 Å². The largest absolute Gasteiger partial charge is 0.504 e. The van der Waals surface area contributed by atoms with Crippen LogP contribution >= 0.6 is 0 Å². The van der Waals surface area contributed by atoms with Gasteiger partial charge in [0.1, 0.15) is 0 Å². The first-order valence-electron chi connectivity index (χ1n) is 7.42. The van der Waals surface area contributed by atoms with Gasteiger partial charge in [-0.2, -0.15) is 0 Å². The van der Waals surface area contributed by atoms with Crippen LogP contribution in [0.5, 0.6) is 11.5 Å². The standard InChI is InChI=1S/C16H23NO4/c1-21-15-10-12(5-7-14(15)18)11-17-9-3-2-4-13(17)6-8-16(19)20/h5,7,10,13,18H,2-4,6,8-9,11H2,1H3,(H,19,20). The molecule has 0 radical (unpaired) electrons. The van der Waals surface area contributed by atoms with E-state index >= 15 is 0 Å². The van der Waals surface area contributed by atoms with Crippen molar-refractivity contribution in [2.24, 2.45) is 0 Å². The number of hydrogen-bond donors (Lipinski definition) is 2. The van der Waals surface area contributed by atoms with E-state index in [4.69, 9.17) is 9.84 Å². The number of aliphatic carboxylic acids is 1. The van der Waals surface area contributed by atoms with Crippen molar-refractivity contribution < 1.29 is 19.7 Å². The summed E-state index contributed by atoms with van der Waals surface area (Å²) in [6.45, 7) is 1.76. The van der Waals surface area contributed by atoms with Crippen molar-refractivity contribution in [2.45, 2.75) is 44.7 Å². The van der Waals surface area contributed by atoms with Gasteiger partial charge in [-0.05, 0) is 43.5 Å². The third-order valence-electron chi connectivity index (χ3n) is 4.07. The second kappa shape index (κ2) is 7.31. The Morgan fingerprint density at radius 1 is 1.43 bits per heavy atom. The van der Waals surface area contributed by atoms with Gasteiger partial charge < -0.3 is 14.9 Å². The van der Waals surface area contributed by atoms with Crippen molar-refractivity contribution in [1.29, 1.82) is 0 Å². The molecule has 1 aromatic carbocycles. The lowest BCUT2D eigenvalue weighted by Gasteiger charge is -2.35. The highest BCUT2D eigenvalue weighted by molar-refractivity contribution is 5.66. The number of phenols is 1. The summed E-state index contributed by atoms with van der Waals surface area (Å²) in [6.07, 6.45) is 4.30. The van der Waals surface area contributed by atoms with Crippen LogP contribution in [0.3, 0.4) is 0 Å². The normalized spacial score (nSPS) is 19.4. The van der Waals surface area contributed by atoms with Crippen LogP contribution in [0.25, 0.3) is 0 Å². The fourth-order valence-corrected chi connectivity index (χ4v) is 2.94. The second-order valence-corrected chi connectivity index (χ2v) is 5.56. The summed E-state index contributed by atoms with van der Waals surface area (Å²) in [4.78, 5) is 13.1. The molecular formula is C16H23NO4. The van der Waals surface area contributed by atoms with Gasteiger partial charge in [0.2, 0.25) is 0 Å². The van der Waals surface area contributed by atoms with Crippen molar-refractivity contribution in [3.63, 3.8) is 0 Å². The summed E-state index contributed by atoms with van der Waals surface area (Å²) in [6, 6.07) is 5.71. The molecule has 1 unspecified atom stereocenters. The number of carbonyl (C=O) groups is 1. The number of ether oxygens (including phenoxy) is 1. The number of piperidine rings is 1. The first-order valence-corrected chi connectivity index (χ1v) is 7.42. The zero-order valence-electron chi connectivity index (χ0n) is 12.4. The molecule has 1 aliphatic rings. The van der Waals surface area contributed by atoms with Crippen molar-refractivity contribution in [2.75, 3.05) is 13.7 Å². The SMILES string of the molecule is COc1cc(CN2CCCCC2CCC(=O)O)ccc1O. The van der Waals surface area contributed by atoms with Crippen LogP contribution in [-0.2, 0) is 11.3 Å². The highest BCUT2D eigenvalue weighted by atomic mass is 16.5. The summed E-state index contributed by atoms with van der Waals surface area (Å²) in [5.41, 5.74) is 1.08. The summed E-state index contributed by atoms with van der Waals surface area (Å²) in [5.74, 6) is -0.110. The van der Waals surface area contributed by atoms with Crippen LogP contribution in [-0.4, -0.2) is 40.8 Å². The number of nitrogens with zero attached hydrogens (tertiary/aromatic N) is 1. The minimum atomic E-state index is -0.730. The zero-order chi connectivity index (χ0) is 15.2. The van der Waals surface area contributed by atoms with Crippen LogP contribution in [0, 0.1) is 0 Å². The molecule has 1 aromatic rings. The third-order valence-corrected chi connectivity index (χ3v) is 4.07. The summed E-state index contributed by atoms with van der Waals surface area (Å²) in [5, 5.41) is 18.5. The predicted octanol–water partition coefficient (Wildman–Crippen LogP) is 2.62. The topological polar surface area (TPSA) is 70.0 Å². The van der Waals surface area contributed by atoms with Gasteiger partial charge in [0.05, 0.1) is 7.11 Å². The van der Waals surface area contributed by atoms with E-state index in [0.29, 0.717) is 18.2 Å². The molecule has 0 spiro atoms. The van der Waals surface area contributed by atoms with E-state index in [1.54, 1.807) is 6.07 Å². The predicted molar refractivity (Wildman–Crippen MR) is 79.6 cm³/mol. The lowest BCUT2D eigenvalue weighted by Crippen LogP contribution is -2.39. The van der Waals surface area contributed by atoms with Gasteiger partial charge in [-0.15, -0.1) is 0 Å². The Balaban J connectivity index is 2.02. The maximum Gasteiger partial charge on any atom is 0.303 e. The fourth-order valence-electron chi connectivity index (χ4n) is 2.94. The van der Waals surface area contributed by atoms with Crippen molar-refractivity contribution in [3.8, 4) is 11.5 Å². The van der Waals surface area contributed by atoms with Crippen LogP contribution in [0.15, 0.2) is 18.2 Å². The number of carboxylic acid groups (broad SMARTS) is 1. The molecule has 1 aliphatic heterocycles. The minimum absolute atomic E-state index is 0.141. The Labute approximate surface area is 125 Å². The van der Waals surface area contributed by atoms with Gasteiger partial charge in [0.25, 0.3) is 0 Å². The van der Waals surface area contributed by atoms with Gasteiger partial charge in [-0.1, -0.05) is 12.5 Å². The molecule has 21 heavy (non-hydrogen) atoms. The molecule has 0 amide bonds. The lowest BCUT2D eigenvalue weighted by molar-refractivity contribution is -0.137. The van der Waals surface area contributed by atoms with Gasteiger partial charge in [-0.25, -0.2) is 0 Å². The van der Waals surface area contributed by atoms with Gasteiger partial charge in [-0.3, -0.25) is 9.69 Å². The molecule has 2 N–H and O–H groups in total. The zero-order valence-corrected chi connectivity index (χ0v) is 12.4. The molecule has 1 saturated heterocycles. The average molecular weight is 293 g/mol. The Morgan fingerprint density at radius 3 is 2.95 bits per heavy atom. The Hall–Kier alpha value is -1.75. The number of aromatic hydroxyl groups is 1. The first-order chi connectivity index (χ1) is 10.1. The van der Waals surface area contributed by atoms with E-state index in [2.05, 4.69) is 4.90 Å². The lowest BCUT2D eigenvalue weighted by atomic mass is 9.97. The molecule has 1 heterocycles. The van der Waals surface area contributed by atoms with E-state index in [-0.39, 0.29) is 12.2 Å². The Kier molecular flexibility index (Phi) is 5.44. The first kappa shape index (κ1) is 15.6. The molecular weight excluding hydrogens is 270 g/mol. The fraction of sp³-hybridized carbons (Fsp3) is 0.562. The van der Waals surface area contributed by atoms with E-state index in [1.807, 2.05) is 12.1 Å². The van der Waals surface area contributed by atoms with Crippen molar-refractivity contribution in [3.05, 3.63) is 23.8 Å². The molecule has 0 bridgehead atoms. The molecule has 1 atom stereocenters. The number of carboxylic acids is 1. The van der Waals surface area contributed by atoms with Crippen LogP contribution < -0.4 is 4.74 Å². The maximum absolute atomic E-state index is 10.8. The third kappa shape index (κ3) is 4.36. The Morgan fingerprint density at radius 2 is 2.24 bits per heavy atom. The van der Waals surface area contributed by atoms with Crippen molar-refractivity contribution in [1.82, 2.24) is 4.90 Å². The van der Waals surface area contributed by atoms with Gasteiger partial charge in [0, 0.05) is 19.0 Å². The highest BCUT2D eigenvalue weighted by Gasteiger charge is 2.23. The highest BCUT2D eigenvalue weighted by Crippen LogP contribution is 2.29. The summed E-state index contributed by atoms with van der Waals surface area (Å²) >= 11 is 0. The number of phenolic OH excluding ortho intramolecular Hbond substituents is 1. The molecule has 5 nitrogen and oxygen atoms in total. The molecule has 5 heteroatoms. The van der Waals surface area contributed by atoms with Crippen LogP contribution in [0.4, 0.5) is 0 Å². The minimum Gasteiger partial charge on any atom is -0.504 e. The quantitative estimate of drug-likeness (QED) is 0.843. The van der Waals surface area contributed by atoms with Crippen LogP contribution in [0.1, 0.15) is 37.7 Å². The molecule has 116 valence electrons. The molecule has 0 saturated carbocycles. The van der Waals surface area contributed by atoms with Crippen LogP contribution in [0.2, 0.25) is 0 Å². The summed E-state index contributed by atoms with van der Waals surface area (Å²) in [7, 11) is 1.54. The smallest absolute Gasteiger partial charge is 0.303 e. The van der Waals surface area contributed by atoms with E-state index in [1.165, 1.54) is 13.5 Å². The second-order valence-electron chi connectivity index (χ2n) is 5.56. The van der Waals surface area contributed by atoms with Gasteiger partial charge in [0.15, 0.2) is 11.5 Å². The number of hydrogen-bond acceptors (Lipinski definition) is 4. The molecule has 0 aromatic heterocycles.